The number of urea groups is 1. The fourth-order valence-corrected chi connectivity index (χ4v) is 3.50. The molecule has 20 heavy (non-hydrogen) atoms. The highest BCUT2D eigenvalue weighted by Gasteiger charge is 2.43. The van der Waals surface area contributed by atoms with Gasteiger partial charge in [0.15, 0.2) is 0 Å². The molecule has 0 aromatic rings. The fraction of sp³-hybridized carbons (Fsp3) is 0.733. The highest BCUT2D eigenvalue weighted by molar-refractivity contribution is 5.83. The van der Waals surface area contributed by atoms with E-state index in [0.717, 1.165) is 25.7 Å². The normalized spacial score (nSPS) is 29.1. The number of terminal acetylenes is 1. The lowest BCUT2D eigenvalue weighted by Gasteiger charge is -2.46. The van der Waals surface area contributed by atoms with Gasteiger partial charge >= 0.3 is 12.0 Å². The summed E-state index contributed by atoms with van der Waals surface area (Å²) in [5, 5.41) is 12.1. The summed E-state index contributed by atoms with van der Waals surface area (Å²) < 4.78 is 0. The van der Waals surface area contributed by atoms with Gasteiger partial charge in [0.25, 0.3) is 0 Å². The number of carboxylic acid groups (broad SMARTS) is 1. The van der Waals surface area contributed by atoms with Crippen molar-refractivity contribution in [2.45, 2.75) is 57.0 Å². The summed E-state index contributed by atoms with van der Waals surface area (Å²) in [6.07, 6.45) is 11.4. The minimum atomic E-state index is -0.902. The van der Waals surface area contributed by atoms with E-state index in [1.165, 1.54) is 6.42 Å². The Bertz CT molecular complexity index is 416. The summed E-state index contributed by atoms with van der Waals surface area (Å²) in [4.78, 5) is 25.3. The number of nitrogens with one attached hydrogen (secondary N) is 1. The number of hydrogen-bond donors (Lipinski definition) is 2. The van der Waals surface area contributed by atoms with E-state index in [1.807, 2.05) is 0 Å². The first-order chi connectivity index (χ1) is 9.65. The van der Waals surface area contributed by atoms with Crippen LogP contribution in [0.15, 0.2) is 0 Å². The molecule has 1 aliphatic heterocycles. The number of hydrogen-bond acceptors (Lipinski definition) is 2. The van der Waals surface area contributed by atoms with Gasteiger partial charge in [-0.2, -0.15) is 0 Å². The Morgan fingerprint density at radius 1 is 1.25 bits per heavy atom. The van der Waals surface area contributed by atoms with Crippen LogP contribution in [0.5, 0.6) is 0 Å². The molecule has 1 saturated carbocycles. The Morgan fingerprint density at radius 3 is 2.70 bits per heavy atom. The van der Waals surface area contributed by atoms with E-state index < -0.39 is 12.0 Å². The van der Waals surface area contributed by atoms with Gasteiger partial charge in [0, 0.05) is 19.0 Å². The molecule has 3 atom stereocenters. The van der Waals surface area contributed by atoms with Crippen molar-refractivity contribution < 1.29 is 14.7 Å². The quantitative estimate of drug-likeness (QED) is 0.611. The predicted molar refractivity (Wildman–Crippen MR) is 75.1 cm³/mol. The zero-order valence-corrected chi connectivity index (χ0v) is 11.7. The molecular weight excluding hydrogens is 256 g/mol. The second kappa shape index (κ2) is 6.65. The molecule has 1 heterocycles. The van der Waals surface area contributed by atoms with E-state index >= 15 is 0 Å². The van der Waals surface area contributed by atoms with Crippen molar-refractivity contribution in [1.82, 2.24) is 10.2 Å². The van der Waals surface area contributed by atoms with Crippen LogP contribution in [0.2, 0.25) is 0 Å². The largest absolute Gasteiger partial charge is 0.480 e. The van der Waals surface area contributed by atoms with Gasteiger partial charge in [-0.15, -0.1) is 12.3 Å². The molecule has 1 saturated heterocycles. The van der Waals surface area contributed by atoms with E-state index in [9.17, 15) is 14.7 Å². The summed E-state index contributed by atoms with van der Waals surface area (Å²) in [7, 11) is 0. The van der Waals surface area contributed by atoms with Crippen molar-refractivity contribution in [3.63, 3.8) is 0 Å². The maximum absolute atomic E-state index is 12.3. The predicted octanol–water partition coefficient (Wildman–Crippen LogP) is 1.83. The van der Waals surface area contributed by atoms with Gasteiger partial charge in [-0.1, -0.05) is 12.8 Å². The second-order valence-corrected chi connectivity index (χ2v) is 5.64. The Balaban J connectivity index is 2.10. The van der Waals surface area contributed by atoms with Gasteiger partial charge in [-0.05, 0) is 31.6 Å². The van der Waals surface area contributed by atoms with Crippen LogP contribution < -0.4 is 5.32 Å². The number of carbonyl (C=O) groups excluding carboxylic acids is 1. The number of amides is 2. The zero-order valence-electron chi connectivity index (χ0n) is 11.7. The first kappa shape index (κ1) is 14.7. The number of fused-ring (bicyclic) bond motifs is 1. The van der Waals surface area contributed by atoms with Gasteiger partial charge in [0.2, 0.25) is 0 Å². The molecule has 0 spiro atoms. The van der Waals surface area contributed by atoms with Gasteiger partial charge in [-0.3, -0.25) is 0 Å². The minimum Gasteiger partial charge on any atom is -0.480 e. The average Bonchev–Trinajstić information content (AvgIpc) is 2.46. The van der Waals surface area contributed by atoms with Crippen LogP contribution in [-0.2, 0) is 4.79 Å². The molecule has 110 valence electrons. The van der Waals surface area contributed by atoms with E-state index in [2.05, 4.69) is 11.2 Å². The Hall–Kier alpha value is -1.70. The average molecular weight is 278 g/mol. The first-order valence-electron chi connectivity index (χ1n) is 7.37. The highest BCUT2D eigenvalue weighted by Crippen LogP contribution is 2.37. The molecule has 5 heteroatoms. The van der Waals surface area contributed by atoms with Gasteiger partial charge in [0.1, 0.15) is 6.04 Å². The number of aliphatic carboxylic acids is 1. The van der Waals surface area contributed by atoms with E-state index in [1.54, 1.807) is 4.90 Å². The first-order valence-corrected chi connectivity index (χ1v) is 7.37. The third kappa shape index (κ3) is 3.06. The molecule has 2 aliphatic rings. The van der Waals surface area contributed by atoms with E-state index in [0.29, 0.717) is 25.3 Å². The zero-order chi connectivity index (χ0) is 14.5. The summed E-state index contributed by atoms with van der Waals surface area (Å²) in [6.45, 7) is 0.398. The molecule has 2 amide bonds. The van der Waals surface area contributed by atoms with Gasteiger partial charge < -0.3 is 15.3 Å². The van der Waals surface area contributed by atoms with E-state index in [4.69, 9.17) is 6.42 Å². The Morgan fingerprint density at radius 2 is 2.00 bits per heavy atom. The lowest BCUT2D eigenvalue weighted by atomic mass is 9.76. The van der Waals surface area contributed by atoms with Crippen molar-refractivity contribution >= 4 is 12.0 Å². The van der Waals surface area contributed by atoms with Crippen LogP contribution in [0.1, 0.15) is 44.9 Å². The van der Waals surface area contributed by atoms with Crippen LogP contribution in [0.3, 0.4) is 0 Å². The number of likely N-dealkylation sites (tertiary alicyclic amines) is 1. The molecule has 5 nitrogen and oxygen atoms in total. The van der Waals surface area contributed by atoms with Crippen LogP contribution in [-0.4, -0.2) is 40.6 Å². The molecule has 0 radical (unpaired) electrons. The number of carboxylic acids is 1. The van der Waals surface area contributed by atoms with Crippen molar-refractivity contribution in [2.75, 3.05) is 6.54 Å². The molecular formula is C15H22N2O3. The lowest BCUT2D eigenvalue weighted by molar-refractivity contribution is -0.145. The summed E-state index contributed by atoms with van der Waals surface area (Å²) in [5.74, 6) is 2.02. The Labute approximate surface area is 119 Å². The third-order valence-corrected chi connectivity index (χ3v) is 4.44. The smallest absolute Gasteiger partial charge is 0.326 e. The number of piperidine rings is 1. The van der Waals surface area contributed by atoms with Crippen molar-refractivity contribution in [1.29, 1.82) is 0 Å². The van der Waals surface area contributed by atoms with E-state index in [-0.39, 0.29) is 12.1 Å². The van der Waals surface area contributed by atoms with Crippen molar-refractivity contribution in [2.24, 2.45) is 5.92 Å². The van der Waals surface area contributed by atoms with Crippen molar-refractivity contribution in [3.8, 4) is 12.3 Å². The topological polar surface area (TPSA) is 69.6 Å². The standard InChI is InChI=1S/C15H22N2O3/c1-2-3-10-16-15(20)17-12-7-5-4-6-11(12)8-9-13(17)14(18)19/h1,11-13H,3-10H2,(H,16,20)(H,18,19). The van der Waals surface area contributed by atoms with Crippen molar-refractivity contribution in [3.05, 3.63) is 0 Å². The maximum Gasteiger partial charge on any atom is 0.326 e. The summed E-state index contributed by atoms with van der Waals surface area (Å²) in [6, 6.07) is -0.895. The minimum absolute atomic E-state index is 0.0736. The molecule has 2 fully saturated rings. The maximum atomic E-state index is 12.3. The third-order valence-electron chi connectivity index (χ3n) is 4.44. The fourth-order valence-electron chi connectivity index (χ4n) is 3.50. The molecule has 0 bridgehead atoms. The lowest BCUT2D eigenvalue weighted by Crippen LogP contribution is -2.60. The summed E-state index contributed by atoms with van der Waals surface area (Å²) in [5.41, 5.74) is 0. The molecule has 2 rings (SSSR count). The Kier molecular flexibility index (Phi) is 4.89. The molecule has 0 aromatic carbocycles. The molecule has 3 unspecified atom stereocenters. The molecule has 2 N–H and O–H groups in total. The number of nitrogens with zero attached hydrogens (tertiary/aromatic N) is 1. The van der Waals surface area contributed by atoms with Gasteiger partial charge in [0.05, 0.1) is 0 Å². The van der Waals surface area contributed by atoms with Crippen LogP contribution in [0.25, 0.3) is 0 Å². The number of carbonyl (C=O) groups is 2. The highest BCUT2D eigenvalue weighted by atomic mass is 16.4. The summed E-state index contributed by atoms with van der Waals surface area (Å²) >= 11 is 0. The van der Waals surface area contributed by atoms with Gasteiger partial charge in [-0.25, -0.2) is 9.59 Å². The molecule has 0 aromatic heterocycles. The second-order valence-electron chi connectivity index (χ2n) is 5.64. The monoisotopic (exact) mass is 278 g/mol. The SMILES string of the molecule is C#CCCNC(=O)N1C(C(=O)O)CCC2CCCCC21. The molecule has 1 aliphatic carbocycles. The van der Waals surface area contributed by atoms with Crippen LogP contribution in [0.4, 0.5) is 4.79 Å². The van der Waals surface area contributed by atoms with Crippen LogP contribution in [0, 0.1) is 18.3 Å². The van der Waals surface area contributed by atoms with Crippen LogP contribution >= 0.6 is 0 Å². The number of rotatable bonds is 3.